The molecule has 3 nitrogen and oxygen atoms in total. The van der Waals surface area contributed by atoms with Crippen molar-refractivity contribution in [1.82, 2.24) is 9.97 Å². The van der Waals surface area contributed by atoms with E-state index >= 15 is 0 Å². The molecule has 0 N–H and O–H groups in total. The van der Waals surface area contributed by atoms with E-state index in [0.29, 0.717) is 11.6 Å². The molecule has 0 bridgehead atoms. The van der Waals surface area contributed by atoms with E-state index in [4.69, 9.17) is 4.74 Å². The van der Waals surface area contributed by atoms with Gasteiger partial charge < -0.3 is 4.74 Å². The van der Waals surface area contributed by atoms with Crippen LogP contribution in [0.3, 0.4) is 0 Å². The van der Waals surface area contributed by atoms with Crippen LogP contribution in [0.1, 0.15) is 24.1 Å². The molecule has 1 heterocycles. The average molecular weight is 268 g/mol. The van der Waals surface area contributed by atoms with Gasteiger partial charge in [0.15, 0.2) is 17.5 Å². The molecule has 0 saturated carbocycles. The zero-order valence-electron chi connectivity index (χ0n) is 10.3. The monoisotopic (exact) mass is 268 g/mol. The molecule has 0 spiro atoms. The van der Waals surface area contributed by atoms with Gasteiger partial charge in [-0.1, -0.05) is 6.92 Å². The van der Waals surface area contributed by atoms with Gasteiger partial charge in [-0.2, -0.15) is 0 Å². The predicted octanol–water partition coefficient (Wildman–Crippen LogP) is 3.05. The number of methoxy groups -OCH3 is 1. The first kappa shape index (κ1) is 13.3. The number of hydrogen-bond acceptors (Lipinski definition) is 3. The van der Waals surface area contributed by atoms with E-state index in [1.807, 2.05) is 0 Å². The summed E-state index contributed by atoms with van der Waals surface area (Å²) in [5.74, 6) is -3.98. The number of rotatable bonds is 3. The van der Waals surface area contributed by atoms with E-state index in [9.17, 15) is 13.2 Å². The normalized spacial score (nSPS) is 12.3. The standard InChI is InChI=1S/C13H11F3N2O/c1-7(11-5-12(19-2)18-6-17-11)8-3-9(14)13(16)10(15)4-8/h3-7H,1-2H3. The molecular weight excluding hydrogens is 257 g/mol. The number of hydrogen-bond donors (Lipinski definition) is 0. The molecular formula is C13H11F3N2O. The summed E-state index contributed by atoms with van der Waals surface area (Å²) < 4.78 is 44.2. The Hall–Kier alpha value is -2.11. The molecule has 1 unspecified atom stereocenters. The summed E-state index contributed by atoms with van der Waals surface area (Å²) in [6.07, 6.45) is 1.29. The van der Waals surface area contributed by atoms with Gasteiger partial charge in [-0.25, -0.2) is 23.1 Å². The number of benzene rings is 1. The van der Waals surface area contributed by atoms with Gasteiger partial charge in [0, 0.05) is 12.0 Å². The lowest BCUT2D eigenvalue weighted by Gasteiger charge is -2.12. The Morgan fingerprint density at radius 1 is 1.05 bits per heavy atom. The Balaban J connectivity index is 2.40. The third kappa shape index (κ3) is 2.67. The molecule has 100 valence electrons. The summed E-state index contributed by atoms with van der Waals surface area (Å²) in [6.45, 7) is 1.70. The molecule has 1 aromatic heterocycles. The Kier molecular flexibility index (Phi) is 3.69. The summed E-state index contributed by atoms with van der Waals surface area (Å²) in [7, 11) is 1.45. The van der Waals surface area contributed by atoms with Crippen LogP contribution in [-0.4, -0.2) is 17.1 Å². The van der Waals surface area contributed by atoms with Gasteiger partial charge in [-0.05, 0) is 17.7 Å². The maximum absolute atomic E-state index is 13.2. The highest BCUT2D eigenvalue weighted by molar-refractivity contribution is 5.30. The van der Waals surface area contributed by atoms with Crippen LogP contribution in [0.4, 0.5) is 13.2 Å². The highest BCUT2D eigenvalue weighted by Gasteiger charge is 2.17. The second kappa shape index (κ2) is 5.26. The summed E-state index contributed by atoms with van der Waals surface area (Å²) in [5, 5.41) is 0. The van der Waals surface area contributed by atoms with Gasteiger partial charge >= 0.3 is 0 Å². The van der Waals surface area contributed by atoms with Crippen molar-refractivity contribution in [3.05, 3.63) is 53.2 Å². The third-order valence-electron chi connectivity index (χ3n) is 2.82. The van der Waals surface area contributed by atoms with Crippen molar-refractivity contribution in [3.63, 3.8) is 0 Å². The van der Waals surface area contributed by atoms with E-state index in [1.165, 1.54) is 13.4 Å². The van der Waals surface area contributed by atoms with E-state index in [1.54, 1.807) is 13.0 Å². The minimum Gasteiger partial charge on any atom is -0.481 e. The minimum absolute atomic E-state index is 0.289. The van der Waals surface area contributed by atoms with Crippen LogP contribution in [0.2, 0.25) is 0 Å². The molecule has 0 amide bonds. The first-order valence-corrected chi connectivity index (χ1v) is 5.53. The van der Waals surface area contributed by atoms with Crippen LogP contribution >= 0.6 is 0 Å². The van der Waals surface area contributed by atoms with Crippen LogP contribution in [0.5, 0.6) is 5.88 Å². The fourth-order valence-corrected chi connectivity index (χ4v) is 1.70. The minimum atomic E-state index is -1.48. The van der Waals surface area contributed by atoms with Crippen LogP contribution in [-0.2, 0) is 0 Å². The second-order valence-corrected chi connectivity index (χ2v) is 4.01. The fourth-order valence-electron chi connectivity index (χ4n) is 1.70. The molecule has 2 rings (SSSR count). The third-order valence-corrected chi connectivity index (χ3v) is 2.82. The first-order valence-electron chi connectivity index (χ1n) is 5.53. The molecule has 0 aliphatic heterocycles. The number of aromatic nitrogens is 2. The van der Waals surface area contributed by atoms with Crippen LogP contribution in [0.25, 0.3) is 0 Å². The zero-order valence-corrected chi connectivity index (χ0v) is 10.3. The van der Waals surface area contributed by atoms with Crippen molar-refractivity contribution in [2.24, 2.45) is 0 Å². The molecule has 0 fully saturated rings. The highest BCUT2D eigenvalue weighted by atomic mass is 19.2. The Morgan fingerprint density at radius 2 is 1.68 bits per heavy atom. The van der Waals surface area contributed by atoms with Gasteiger partial charge in [0.2, 0.25) is 5.88 Å². The summed E-state index contributed by atoms with van der Waals surface area (Å²) in [5.41, 5.74) is 0.814. The molecule has 2 aromatic rings. The maximum atomic E-state index is 13.2. The molecule has 1 aromatic carbocycles. The summed E-state index contributed by atoms with van der Waals surface area (Å²) in [6, 6.07) is 3.47. The van der Waals surface area contributed by atoms with Gasteiger partial charge in [0.25, 0.3) is 0 Å². The largest absolute Gasteiger partial charge is 0.481 e. The van der Waals surface area contributed by atoms with Crippen molar-refractivity contribution in [2.75, 3.05) is 7.11 Å². The van der Waals surface area contributed by atoms with Gasteiger partial charge in [-0.3, -0.25) is 0 Å². The number of ether oxygens (including phenoxy) is 1. The summed E-state index contributed by atoms with van der Waals surface area (Å²) >= 11 is 0. The van der Waals surface area contributed by atoms with E-state index in [0.717, 1.165) is 12.1 Å². The molecule has 0 saturated heterocycles. The molecule has 1 atom stereocenters. The number of halogens is 3. The van der Waals surface area contributed by atoms with E-state index in [2.05, 4.69) is 9.97 Å². The number of nitrogens with zero attached hydrogens (tertiary/aromatic N) is 2. The Labute approximate surface area is 108 Å². The van der Waals surface area contributed by atoms with Crippen LogP contribution < -0.4 is 4.74 Å². The summed E-state index contributed by atoms with van der Waals surface area (Å²) in [4.78, 5) is 7.86. The topological polar surface area (TPSA) is 35.0 Å². The lowest BCUT2D eigenvalue weighted by Crippen LogP contribution is -2.03. The van der Waals surface area contributed by atoms with E-state index in [-0.39, 0.29) is 5.56 Å². The molecule has 19 heavy (non-hydrogen) atoms. The lowest BCUT2D eigenvalue weighted by molar-refractivity contribution is 0.395. The SMILES string of the molecule is COc1cc(C(C)c2cc(F)c(F)c(F)c2)ncn1. The van der Waals surface area contributed by atoms with Gasteiger partial charge in [-0.15, -0.1) is 0 Å². The van der Waals surface area contributed by atoms with Crippen molar-refractivity contribution in [3.8, 4) is 5.88 Å². The Bertz CT molecular complexity index is 581. The molecule has 0 aliphatic rings. The molecule has 0 aliphatic carbocycles. The van der Waals surface area contributed by atoms with Crippen molar-refractivity contribution in [1.29, 1.82) is 0 Å². The second-order valence-electron chi connectivity index (χ2n) is 4.01. The van der Waals surface area contributed by atoms with Crippen molar-refractivity contribution < 1.29 is 17.9 Å². The molecule has 0 radical (unpaired) electrons. The van der Waals surface area contributed by atoms with Gasteiger partial charge in [0.05, 0.1) is 12.8 Å². The first-order chi connectivity index (χ1) is 9.02. The Morgan fingerprint density at radius 3 is 2.26 bits per heavy atom. The average Bonchev–Trinajstić information content (AvgIpc) is 2.43. The smallest absolute Gasteiger partial charge is 0.216 e. The van der Waals surface area contributed by atoms with E-state index < -0.39 is 23.4 Å². The van der Waals surface area contributed by atoms with Crippen LogP contribution in [0.15, 0.2) is 24.5 Å². The fraction of sp³-hybridized carbons (Fsp3) is 0.231. The van der Waals surface area contributed by atoms with Crippen LogP contribution in [0, 0.1) is 17.5 Å². The lowest BCUT2D eigenvalue weighted by atomic mass is 9.97. The maximum Gasteiger partial charge on any atom is 0.216 e. The predicted molar refractivity (Wildman–Crippen MR) is 62.4 cm³/mol. The van der Waals surface area contributed by atoms with Crippen molar-refractivity contribution >= 4 is 0 Å². The quantitative estimate of drug-likeness (QED) is 0.802. The molecule has 6 heteroatoms. The van der Waals surface area contributed by atoms with Gasteiger partial charge in [0.1, 0.15) is 6.33 Å². The van der Waals surface area contributed by atoms with Crippen molar-refractivity contribution in [2.45, 2.75) is 12.8 Å². The zero-order chi connectivity index (χ0) is 14.0. The highest BCUT2D eigenvalue weighted by Crippen LogP contribution is 2.26.